The van der Waals surface area contributed by atoms with Gasteiger partial charge in [-0.05, 0) is 47.4 Å². The molecule has 0 atom stereocenters. The van der Waals surface area contributed by atoms with Crippen molar-refractivity contribution in [3.05, 3.63) is 75.1 Å². The predicted molar refractivity (Wildman–Crippen MR) is 111 cm³/mol. The number of hydrogen-bond donors (Lipinski definition) is 0. The van der Waals surface area contributed by atoms with Gasteiger partial charge in [0.15, 0.2) is 0 Å². The third kappa shape index (κ3) is 2.85. The van der Waals surface area contributed by atoms with Crippen molar-refractivity contribution in [1.29, 1.82) is 0 Å². The lowest BCUT2D eigenvalue weighted by Crippen LogP contribution is -2.30. The van der Waals surface area contributed by atoms with Crippen molar-refractivity contribution in [2.75, 3.05) is 6.54 Å². The van der Waals surface area contributed by atoms with E-state index < -0.39 is 0 Å². The van der Waals surface area contributed by atoms with Crippen LogP contribution < -0.4 is 9.75 Å². The number of thiophene rings is 1. The van der Waals surface area contributed by atoms with Crippen molar-refractivity contribution in [3.8, 4) is 11.1 Å². The highest BCUT2D eigenvalue weighted by Gasteiger charge is 2.08. The SMILES string of the molecule is C1=c2scc(-c3ccncc3)c2=CN(/C=C/c2nc3ccccc3s2)C1. The first-order valence-corrected chi connectivity index (χ1v) is 10.1. The molecule has 0 aliphatic carbocycles. The van der Waals surface area contributed by atoms with E-state index in [0.717, 1.165) is 17.1 Å². The Bertz CT molecular complexity index is 1190. The summed E-state index contributed by atoms with van der Waals surface area (Å²) in [7, 11) is 0. The molecule has 0 radical (unpaired) electrons. The minimum atomic E-state index is 0.880. The fourth-order valence-electron chi connectivity index (χ4n) is 3.06. The van der Waals surface area contributed by atoms with Gasteiger partial charge in [-0.3, -0.25) is 4.98 Å². The second kappa shape index (κ2) is 6.52. The van der Waals surface area contributed by atoms with Crippen LogP contribution in [0.1, 0.15) is 5.01 Å². The van der Waals surface area contributed by atoms with Crippen LogP contribution in [0.2, 0.25) is 0 Å². The zero-order valence-corrected chi connectivity index (χ0v) is 15.5. The summed E-state index contributed by atoms with van der Waals surface area (Å²) in [5.74, 6) is 0. The Hall–Kier alpha value is -2.76. The monoisotopic (exact) mass is 373 g/mol. The van der Waals surface area contributed by atoms with Gasteiger partial charge in [-0.25, -0.2) is 4.98 Å². The van der Waals surface area contributed by atoms with Crippen molar-refractivity contribution < 1.29 is 0 Å². The highest BCUT2D eigenvalue weighted by molar-refractivity contribution is 7.19. The van der Waals surface area contributed by atoms with Gasteiger partial charge in [-0.15, -0.1) is 22.7 Å². The Labute approximate surface area is 158 Å². The van der Waals surface area contributed by atoms with E-state index in [0.29, 0.717) is 0 Å². The lowest BCUT2D eigenvalue weighted by molar-refractivity contribution is 0.628. The average molecular weight is 374 g/mol. The molecule has 0 bridgehead atoms. The van der Waals surface area contributed by atoms with E-state index in [4.69, 9.17) is 0 Å². The number of para-hydroxylation sites is 1. The van der Waals surface area contributed by atoms with Gasteiger partial charge in [0.2, 0.25) is 0 Å². The van der Waals surface area contributed by atoms with Crippen molar-refractivity contribution >= 4 is 51.2 Å². The first-order valence-electron chi connectivity index (χ1n) is 8.36. The number of nitrogens with zero attached hydrogens (tertiary/aromatic N) is 3. The van der Waals surface area contributed by atoms with Crippen molar-refractivity contribution in [2.45, 2.75) is 0 Å². The van der Waals surface area contributed by atoms with Crippen LogP contribution in [0.15, 0.2) is 60.4 Å². The summed E-state index contributed by atoms with van der Waals surface area (Å²) < 4.78 is 2.56. The van der Waals surface area contributed by atoms with Crippen LogP contribution in [0.3, 0.4) is 0 Å². The molecule has 1 aliphatic rings. The van der Waals surface area contributed by atoms with Crippen molar-refractivity contribution in [3.63, 3.8) is 0 Å². The molecule has 0 saturated carbocycles. The molecule has 126 valence electrons. The van der Waals surface area contributed by atoms with E-state index in [-0.39, 0.29) is 0 Å². The molecule has 1 aromatic carbocycles. The van der Waals surface area contributed by atoms with Crippen LogP contribution in [0.5, 0.6) is 0 Å². The van der Waals surface area contributed by atoms with Crippen LogP contribution >= 0.6 is 22.7 Å². The van der Waals surface area contributed by atoms with Gasteiger partial charge in [0.1, 0.15) is 5.01 Å². The maximum Gasteiger partial charge on any atom is 0.118 e. The highest BCUT2D eigenvalue weighted by atomic mass is 32.1. The van der Waals surface area contributed by atoms with Gasteiger partial charge in [0.25, 0.3) is 0 Å². The first kappa shape index (κ1) is 15.5. The molecule has 0 N–H and O–H groups in total. The lowest BCUT2D eigenvalue weighted by Gasteiger charge is -2.15. The van der Waals surface area contributed by atoms with Crippen LogP contribution in [0.4, 0.5) is 0 Å². The Balaban J connectivity index is 1.48. The highest BCUT2D eigenvalue weighted by Crippen LogP contribution is 2.22. The second-order valence-corrected chi connectivity index (χ2v) is 8.00. The normalized spacial score (nSPS) is 13.6. The fraction of sp³-hybridized carbons (Fsp3) is 0.0476. The number of fused-ring (bicyclic) bond motifs is 2. The van der Waals surface area contributed by atoms with E-state index in [1.54, 1.807) is 22.7 Å². The van der Waals surface area contributed by atoms with Gasteiger partial charge in [0.05, 0.1) is 10.2 Å². The van der Waals surface area contributed by atoms with E-state index in [1.807, 2.05) is 18.5 Å². The van der Waals surface area contributed by atoms with Gasteiger partial charge in [0, 0.05) is 46.7 Å². The minimum absolute atomic E-state index is 0.880. The standard InChI is InChI=1S/C21H15N3S2/c1-2-4-20-18(3-1)23-21(26-20)8-12-24-11-7-19-16(13-24)17(14-25-19)15-5-9-22-10-6-15/h1-10,12-14H,11H2/b12-8+. The van der Waals surface area contributed by atoms with Crippen molar-refractivity contribution in [2.24, 2.45) is 0 Å². The lowest BCUT2D eigenvalue weighted by atomic mass is 10.1. The molecule has 5 heteroatoms. The van der Waals surface area contributed by atoms with Gasteiger partial charge in [-0.2, -0.15) is 0 Å². The molecule has 0 fully saturated rings. The summed E-state index contributed by atoms with van der Waals surface area (Å²) >= 11 is 3.52. The molecule has 5 rings (SSSR count). The number of benzene rings is 1. The average Bonchev–Trinajstić information content (AvgIpc) is 3.30. The van der Waals surface area contributed by atoms with E-state index >= 15 is 0 Å². The molecule has 4 aromatic rings. The molecule has 0 amide bonds. The topological polar surface area (TPSA) is 29.0 Å². The molecule has 0 spiro atoms. The molecule has 3 aromatic heterocycles. The molecular formula is C21H15N3S2. The third-order valence-corrected chi connectivity index (χ3v) is 6.35. The van der Waals surface area contributed by atoms with E-state index in [9.17, 15) is 0 Å². The van der Waals surface area contributed by atoms with E-state index in [1.165, 1.54) is 25.6 Å². The van der Waals surface area contributed by atoms with Gasteiger partial charge in [-0.1, -0.05) is 12.1 Å². The molecule has 3 nitrogen and oxygen atoms in total. The third-order valence-electron chi connectivity index (χ3n) is 4.35. The summed E-state index contributed by atoms with van der Waals surface area (Å²) in [6, 6.07) is 12.4. The molecule has 0 unspecified atom stereocenters. The summed E-state index contributed by atoms with van der Waals surface area (Å²) in [5, 5.41) is 4.54. The zero-order valence-electron chi connectivity index (χ0n) is 13.9. The second-order valence-electron chi connectivity index (χ2n) is 6.03. The van der Waals surface area contributed by atoms with E-state index in [2.05, 4.69) is 75.1 Å². The predicted octanol–water partition coefficient (Wildman–Crippen LogP) is 3.92. The molecule has 4 heterocycles. The van der Waals surface area contributed by atoms with Crippen LogP contribution in [-0.4, -0.2) is 21.4 Å². The maximum absolute atomic E-state index is 4.67. The fourth-order valence-corrected chi connectivity index (χ4v) is 4.89. The summed E-state index contributed by atoms with van der Waals surface area (Å²) in [5.41, 5.74) is 3.53. The summed E-state index contributed by atoms with van der Waals surface area (Å²) in [4.78, 5) is 11.0. The van der Waals surface area contributed by atoms with Crippen molar-refractivity contribution in [1.82, 2.24) is 14.9 Å². The molecule has 1 aliphatic heterocycles. The molecule has 26 heavy (non-hydrogen) atoms. The summed E-state index contributed by atoms with van der Waals surface area (Å²) in [6.07, 6.45) is 12.4. The number of rotatable bonds is 3. The Morgan fingerprint density at radius 2 is 1.96 bits per heavy atom. The van der Waals surface area contributed by atoms with Gasteiger partial charge < -0.3 is 4.90 Å². The van der Waals surface area contributed by atoms with Crippen LogP contribution in [0.25, 0.3) is 39.7 Å². The maximum atomic E-state index is 4.67. The largest absolute Gasteiger partial charge is 0.350 e. The number of aromatic nitrogens is 2. The van der Waals surface area contributed by atoms with Crippen LogP contribution in [0, 0.1) is 0 Å². The quantitative estimate of drug-likeness (QED) is 0.545. The zero-order chi connectivity index (χ0) is 17.3. The van der Waals surface area contributed by atoms with Crippen LogP contribution in [-0.2, 0) is 0 Å². The first-order chi connectivity index (χ1) is 12.9. The number of thiazole rings is 1. The Kier molecular flexibility index (Phi) is 3.88. The smallest absolute Gasteiger partial charge is 0.118 e. The van der Waals surface area contributed by atoms with Gasteiger partial charge >= 0.3 is 0 Å². The molecule has 0 saturated heterocycles. The Morgan fingerprint density at radius 3 is 2.85 bits per heavy atom. The molecular weight excluding hydrogens is 358 g/mol. The summed E-state index contributed by atoms with van der Waals surface area (Å²) in [6.45, 7) is 0.880. The Morgan fingerprint density at radius 1 is 1.08 bits per heavy atom. The minimum Gasteiger partial charge on any atom is -0.350 e. The number of hydrogen-bond acceptors (Lipinski definition) is 5. The number of pyridine rings is 1.